The molecule has 1 amide bonds. The summed E-state index contributed by atoms with van der Waals surface area (Å²) in [7, 11) is 0. The van der Waals surface area contributed by atoms with Crippen molar-refractivity contribution in [2.45, 2.75) is 25.5 Å². The van der Waals surface area contributed by atoms with Crippen molar-refractivity contribution in [1.82, 2.24) is 15.3 Å². The zero-order valence-electron chi connectivity index (χ0n) is 15.8. The second-order valence-corrected chi connectivity index (χ2v) is 8.40. The molecule has 4 aromatic rings. The molecule has 1 aliphatic rings. The Morgan fingerprint density at radius 2 is 2.03 bits per heavy atom. The summed E-state index contributed by atoms with van der Waals surface area (Å²) in [5.41, 5.74) is 5.54. The number of carbonyl (C=O) groups excluding carboxylic acids is 1. The SMILES string of the molecule is Cc1cncc(-c2nc3ccc(C(=O)N[C@@H]4c5ccccc5C[C@H]4O)cc3s2)c1. The molecule has 2 atom stereocenters. The van der Waals surface area contributed by atoms with E-state index in [0.29, 0.717) is 12.0 Å². The topological polar surface area (TPSA) is 75.1 Å². The molecular formula is C23H19N3O2S. The van der Waals surface area contributed by atoms with Crippen LogP contribution in [0.2, 0.25) is 0 Å². The maximum absolute atomic E-state index is 12.9. The lowest BCUT2D eigenvalue weighted by atomic mass is 10.1. The van der Waals surface area contributed by atoms with Gasteiger partial charge in [0.2, 0.25) is 0 Å². The Balaban J connectivity index is 1.42. The molecule has 6 heteroatoms. The molecule has 0 aliphatic heterocycles. The van der Waals surface area contributed by atoms with Gasteiger partial charge in [-0.3, -0.25) is 9.78 Å². The van der Waals surface area contributed by atoms with Gasteiger partial charge in [-0.1, -0.05) is 24.3 Å². The average molecular weight is 401 g/mol. The highest BCUT2D eigenvalue weighted by molar-refractivity contribution is 7.21. The fraction of sp³-hybridized carbons (Fsp3) is 0.174. The van der Waals surface area contributed by atoms with Crippen molar-refractivity contribution in [2.75, 3.05) is 0 Å². The molecule has 1 aliphatic carbocycles. The molecule has 0 unspecified atom stereocenters. The predicted octanol–water partition coefficient (Wildman–Crippen LogP) is 4.05. The van der Waals surface area contributed by atoms with Crippen molar-refractivity contribution in [3.05, 3.63) is 83.2 Å². The Kier molecular flexibility index (Phi) is 4.38. The van der Waals surface area contributed by atoms with Gasteiger partial charge in [0.15, 0.2) is 0 Å². The van der Waals surface area contributed by atoms with Gasteiger partial charge < -0.3 is 10.4 Å². The fourth-order valence-corrected chi connectivity index (χ4v) is 4.82. The van der Waals surface area contributed by atoms with Crippen molar-refractivity contribution >= 4 is 27.5 Å². The predicted molar refractivity (Wildman–Crippen MR) is 114 cm³/mol. The van der Waals surface area contributed by atoms with Crippen LogP contribution in [0.15, 0.2) is 60.9 Å². The summed E-state index contributed by atoms with van der Waals surface area (Å²) in [6, 6.07) is 15.0. The van der Waals surface area contributed by atoms with E-state index in [9.17, 15) is 9.90 Å². The minimum atomic E-state index is -0.607. The maximum atomic E-state index is 12.9. The molecule has 2 aromatic heterocycles. The molecule has 0 radical (unpaired) electrons. The van der Waals surface area contributed by atoms with Gasteiger partial charge in [-0.05, 0) is 47.9 Å². The van der Waals surface area contributed by atoms with Crippen LogP contribution >= 0.6 is 11.3 Å². The molecule has 0 bridgehead atoms. The number of fused-ring (bicyclic) bond motifs is 2. The molecule has 2 N–H and O–H groups in total. The van der Waals surface area contributed by atoms with Gasteiger partial charge in [-0.15, -0.1) is 11.3 Å². The van der Waals surface area contributed by atoms with Gasteiger partial charge in [0.05, 0.1) is 22.4 Å². The Labute approximate surface area is 172 Å². The number of aliphatic hydroxyl groups excluding tert-OH is 1. The molecule has 2 aromatic carbocycles. The number of hydrogen-bond acceptors (Lipinski definition) is 5. The van der Waals surface area contributed by atoms with Gasteiger partial charge in [-0.2, -0.15) is 0 Å². The molecule has 144 valence electrons. The highest BCUT2D eigenvalue weighted by Crippen LogP contribution is 2.33. The zero-order chi connectivity index (χ0) is 20.0. The lowest BCUT2D eigenvalue weighted by molar-refractivity contribution is 0.0858. The second kappa shape index (κ2) is 7.06. The summed E-state index contributed by atoms with van der Waals surface area (Å²) in [6.45, 7) is 2.00. The number of thiazole rings is 1. The van der Waals surface area contributed by atoms with E-state index in [0.717, 1.165) is 37.5 Å². The number of aromatic nitrogens is 2. The quantitative estimate of drug-likeness (QED) is 0.543. The number of nitrogens with one attached hydrogen (secondary N) is 1. The largest absolute Gasteiger partial charge is 0.390 e. The van der Waals surface area contributed by atoms with E-state index in [1.807, 2.05) is 49.5 Å². The van der Waals surface area contributed by atoms with E-state index >= 15 is 0 Å². The van der Waals surface area contributed by atoms with E-state index in [4.69, 9.17) is 0 Å². The van der Waals surface area contributed by atoms with E-state index in [2.05, 4.69) is 21.4 Å². The number of rotatable bonds is 3. The third-order valence-electron chi connectivity index (χ3n) is 5.26. The van der Waals surface area contributed by atoms with Gasteiger partial charge in [0, 0.05) is 29.9 Å². The molecule has 5 nitrogen and oxygen atoms in total. The number of aliphatic hydroxyl groups is 1. The van der Waals surface area contributed by atoms with Gasteiger partial charge in [0.25, 0.3) is 5.91 Å². The summed E-state index contributed by atoms with van der Waals surface area (Å²) >= 11 is 1.54. The van der Waals surface area contributed by atoms with Gasteiger partial charge in [0.1, 0.15) is 5.01 Å². The smallest absolute Gasteiger partial charge is 0.251 e. The summed E-state index contributed by atoms with van der Waals surface area (Å²) in [5, 5.41) is 14.3. The van der Waals surface area contributed by atoms with Crippen molar-refractivity contribution in [1.29, 1.82) is 0 Å². The van der Waals surface area contributed by atoms with Crippen molar-refractivity contribution in [3.63, 3.8) is 0 Å². The minimum absolute atomic E-state index is 0.195. The second-order valence-electron chi connectivity index (χ2n) is 7.37. The monoisotopic (exact) mass is 401 g/mol. The zero-order valence-corrected chi connectivity index (χ0v) is 16.6. The Hall–Kier alpha value is -3.09. The first-order chi connectivity index (χ1) is 14.1. The number of carbonyl (C=O) groups is 1. The molecule has 0 saturated carbocycles. The third-order valence-corrected chi connectivity index (χ3v) is 6.33. The normalized spacial score (nSPS) is 18.0. The fourth-order valence-electron chi connectivity index (χ4n) is 3.83. The van der Waals surface area contributed by atoms with Crippen LogP contribution in [0.4, 0.5) is 0 Å². The Morgan fingerprint density at radius 3 is 2.90 bits per heavy atom. The lowest BCUT2D eigenvalue weighted by Gasteiger charge is -2.18. The molecule has 2 heterocycles. The molecular weight excluding hydrogens is 382 g/mol. The Bertz CT molecular complexity index is 1230. The highest BCUT2D eigenvalue weighted by Gasteiger charge is 2.32. The molecule has 29 heavy (non-hydrogen) atoms. The van der Waals surface area contributed by atoms with Crippen LogP contribution < -0.4 is 5.32 Å². The first kappa shape index (κ1) is 18.0. The summed E-state index contributed by atoms with van der Waals surface area (Å²) in [5.74, 6) is -0.195. The van der Waals surface area contributed by atoms with Gasteiger partial charge in [-0.25, -0.2) is 4.98 Å². The highest BCUT2D eigenvalue weighted by atomic mass is 32.1. The lowest BCUT2D eigenvalue weighted by Crippen LogP contribution is -2.33. The van der Waals surface area contributed by atoms with Crippen molar-refractivity contribution in [2.24, 2.45) is 0 Å². The molecule has 0 spiro atoms. The van der Waals surface area contributed by atoms with Crippen molar-refractivity contribution < 1.29 is 9.90 Å². The van der Waals surface area contributed by atoms with E-state index < -0.39 is 6.10 Å². The van der Waals surface area contributed by atoms with Crippen LogP contribution in [-0.4, -0.2) is 27.1 Å². The number of benzene rings is 2. The third kappa shape index (κ3) is 3.30. The van der Waals surface area contributed by atoms with Crippen LogP contribution in [0.25, 0.3) is 20.8 Å². The number of pyridine rings is 1. The molecule has 0 saturated heterocycles. The van der Waals surface area contributed by atoms with E-state index in [-0.39, 0.29) is 11.9 Å². The Morgan fingerprint density at radius 1 is 1.17 bits per heavy atom. The van der Waals surface area contributed by atoms with Crippen LogP contribution in [0.1, 0.15) is 33.1 Å². The van der Waals surface area contributed by atoms with E-state index in [1.54, 1.807) is 23.6 Å². The summed E-state index contributed by atoms with van der Waals surface area (Å²) in [6.07, 6.45) is 3.57. The number of nitrogens with zero attached hydrogens (tertiary/aromatic N) is 2. The summed E-state index contributed by atoms with van der Waals surface area (Å²) in [4.78, 5) is 21.8. The standard InChI is InChI=1S/C23H19N3O2S/c1-13-8-16(12-24-11-13)23-25-18-7-6-15(10-20(18)29-23)22(28)26-21-17-5-3-2-4-14(17)9-19(21)27/h2-8,10-12,19,21,27H,9H2,1H3,(H,26,28)/t19-,21-/m1/s1. The minimum Gasteiger partial charge on any atom is -0.390 e. The summed E-state index contributed by atoms with van der Waals surface area (Å²) < 4.78 is 0.946. The molecule has 5 rings (SSSR count). The van der Waals surface area contributed by atoms with Crippen LogP contribution in [-0.2, 0) is 6.42 Å². The first-order valence-corrected chi connectivity index (χ1v) is 10.3. The molecule has 0 fully saturated rings. The van der Waals surface area contributed by atoms with Gasteiger partial charge >= 0.3 is 0 Å². The number of amides is 1. The van der Waals surface area contributed by atoms with Crippen molar-refractivity contribution in [3.8, 4) is 10.6 Å². The van der Waals surface area contributed by atoms with E-state index in [1.165, 1.54) is 0 Å². The average Bonchev–Trinajstić information content (AvgIpc) is 3.28. The maximum Gasteiger partial charge on any atom is 0.251 e. The van der Waals surface area contributed by atoms with Crippen LogP contribution in [0.5, 0.6) is 0 Å². The van der Waals surface area contributed by atoms with Crippen LogP contribution in [0, 0.1) is 6.92 Å². The number of hydrogen-bond donors (Lipinski definition) is 2. The number of aryl methyl sites for hydroxylation is 1. The van der Waals surface area contributed by atoms with Crippen LogP contribution in [0.3, 0.4) is 0 Å². The first-order valence-electron chi connectivity index (χ1n) is 9.48.